The predicted molar refractivity (Wildman–Crippen MR) is 212 cm³/mol. The van der Waals surface area contributed by atoms with E-state index in [-0.39, 0.29) is 37.5 Å². The van der Waals surface area contributed by atoms with Crippen LogP contribution in [0.2, 0.25) is 0 Å². The van der Waals surface area contributed by atoms with Crippen molar-refractivity contribution in [3.8, 4) is 0 Å². The van der Waals surface area contributed by atoms with Gasteiger partial charge in [0.05, 0.1) is 36.3 Å². The van der Waals surface area contributed by atoms with Crippen molar-refractivity contribution >= 4 is 17.7 Å². The van der Waals surface area contributed by atoms with Gasteiger partial charge in [-0.25, -0.2) is 22.0 Å². The minimum Gasteiger partial charge on any atom is -0.350 e. The molecule has 0 saturated heterocycles. The number of hydrogen-bond donors (Lipinski definition) is 3. The van der Waals surface area contributed by atoms with E-state index in [0.717, 1.165) is 43.4 Å². The van der Waals surface area contributed by atoms with Gasteiger partial charge in [0.1, 0.15) is 0 Å². The molecule has 0 aromatic heterocycles. The number of benzene rings is 3. The van der Waals surface area contributed by atoms with Gasteiger partial charge < -0.3 is 26.6 Å². The molecule has 350 valence electrons. The van der Waals surface area contributed by atoms with Crippen molar-refractivity contribution in [1.82, 2.24) is 15.1 Å². The highest BCUT2D eigenvalue weighted by atomic mass is 19.4. The van der Waals surface area contributed by atoms with Gasteiger partial charge in [-0.15, -0.1) is 0 Å². The molecule has 4 bridgehead atoms. The van der Waals surface area contributed by atoms with Crippen LogP contribution in [0.15, 0.2) is 48.5 Å². The first kappa shape index (κ1) is 48.7. The Bertz CT molecular complexity index is 2070. The monoisotopic (exact) mass is 917 g/mol. The summed E-state index contributed by atoms with van der Waals surface area (Å²) in [6.07, 6.45) is -4.06. The van der Waals surface area contributed by atoms with Crippen molar-refractivity contribution in [3.05, 3.63) is 105 Å². The van der Waals surface area contributed by atoms with Crippen molar-refractivity contribution in [2.45, 2.75) is 108 Å². The van der Waals surface area contributed by atoms with Gasteiger partial charge in [-0.3, -0.25) is 14.4 Å². The Labute approximate surface area is 362 Å². The van der Waals surface area contributed by atoms with Gasteiger partial charge in [0.25, 0.3) is 0 Å². The summed E-state index contributed by atoms with van der Waals surface area (Å²) >= 11 is 0. The Hall–Kier alpha value is -4.78. The second kappa shape index (κ2) is 19.8. The van der Waals surface area contributed by atoms with Crippen molar-refractivity contribution in [2.75, 3.05) is 19.6 Å². The van der Waals surface area contributed by atoms with Crippen LogP contribution in [-0.2, 0) is 46.2 Å². The fraction of sp³-hybridized carbons (Fsp3) is 0.533. The second-order valence-electron chi connectivity index (χ2n) is 17.9. The third kappa shape index (κ3) is 11.7. The lowest BCUT2D eigenvalue weighted by atomic mass is 9.49. The second-order valence-corrected chi connectivity index (χ2v) is 17.9. The summed E-state index contributed by atoms with van der Waals surface area (Å²) in [4.78, 5) is 44.2. The van der Waals surface area contributed by atoms with Gasteiger partial charge in [-0.2, -0.15) is 26.3 Å². The van der Waals surface area contributed by atoms with Gasteiger partial charge in [0, 0.05) is 25.1 Å². The number of carbonyl (C=O) groups is 3. The maximum Gasteiger partial charge on any atom is 0.416 e. The quantitative estimate of drug-likeness (QED) is 0.0512. The smallest absolute Gasteiger partial charge is 0.350 e. The molecule has 5 N–H and O–H groups in total. The molecule has 0 unspecified atom stereocenters. The van der Waals surface area contributed by atoms with Crippen molar-refractivity contribution < 1.29 is 62.7 Å². The van der Waals surface area contributed by atoms with Crippen LogP contribution in [0.4, 0.5) is 48.3 Å². The van der Waals surface area contributed by atoms with E-state index in [1.165, 1.54) is 0 Å². The third-order valence-electron chi connectivity index (χ3n) is 12.8. The third-order valence-corrected chi connectivity index (χ3v) is 12.8. The van der Waals surface area contributed by atoms with Gasteiger partial charge >= 0.3 is 12.4 Å². The molecular weight excluding hydrogens is 868 g/mol. The van der Waals surface area contributed by atoms with Crippen LogP contribution < -0.4 is 16.8 Å². The molecule has 2 atom stereocenters. The zero-order valence-electron chi connectivity index (χ0n) is 34.8. The summed E-state index contributed by atoms with van der Waals surface area (Å²) in [5, 5.41) is 2.85. The van der Waals surface area contributed by atoms with Gasteiger partial charge in [-0.1, -0.05) is 36.8 Å². The van der Waals surface area contributed by atoms with Crippen molar-refractivity contribution in [2.24, 2.45) is 34.6 Å². The molecule has 3 aromatic rings. The van der Waals surface area contributed by atoms with Gasteiger partial charge in [0.2, 0.25) is 23.5 Å². The number of nitrogens with zero attached hydrogens (tertiary/aromatic N) is 2. The fourth-order valence-electron chi connectivity index (χ4n) is 10.3. The molecule has 7 rings (SSSR count). The summed E-state index contributed by atoms with van der Waals surface area (Å²) in [6.45, 7) is -3.84. The highest BCUT2D eigenvalue weighted by Crippen LogP contribution is 2.61. The Kier molecular flexibility index (Phi) is 15.0. The number of amides is 3. The first-order valence-corrected chi connectivity index (χ1v) is 21.2. The lowest BCUT2D eigenvalue weighted by molar-refractivity contribution is -0.146. The number of alkyl halides is 6. The summed E-state index contributed by atoms with van der Waals surface area (Å²) in [5.41, 5.74) is 5.98. The standard InChI is InChI=1S/C45H50F11N5O3/c46-37-33(38(47)40(49)41(50)39(37)48)23-60(21-29-13-30(44(51,52)53)16-31(14-29)45(54,55)56)36(63)24-61(35(62)20-43-17-26-10-27(18-43)12-28(11-26)19-43)22-32(15-25-6-2-1-3-7-25)59-42(64)34(58)8-4-5-9-57/h1-3,6-7,13-14,16,26-28,32,34H,4-5,8-12,15,17-24,57-58H2,(H,59,64)/t26?,27?,28?,32-,34-,43?/m0/s1. The highest BCUT2D eigenvalue weighted by Gasteiger charge is 2.52. The normalized spacial score (nSPS) is 21.4. The van der Waals surface area contributed by atoms with E-state index in [1.54, 1.807) is 30.3 Å². The Morgan fingerprint density at radius 3 is 1.75 bits per heavy atom. The van der Waals surface area contributed by atoms with Crippen LogP contribution in [0.25, 0.3) is 0 Å². The van der Waals surface area contributed by atoms with Crippen LogP contribution in [0.3, 0.4) is 0 Å². The predicted octanol–water partition coefficient (Wildman–Crippen LogP) is 8.57. The van der Waals surface area contributed by atoms with Crippen LogP contribution in [0.1, 0.15) is 92.0 Å². The number of nitrogens with one attached hydrogen (secondary N) is 1. The van der Waals surface area contributed by atoms with Crippen molar-refractivity contribution in [3.63, 3.8) is 0 Å². The van der Waals surface area contributed by atoms with Gasteiger partial charge in [0.15, 0.2) is 23.3 Å². The van der Waals surface area contributed by atoms with E-state index >= 15 is 8.78 Å². The minimum absolute atomic E-state index is 0.0609. The molecule has 0 spiro atoms. The van der Waals surface area contributed by atoms with E-state index in [1.807, 2.05) is 0 Å². The van der Waals surface area contributed by atoms with Crippen LogP contribution in [0.5, 0.6) is 0 Å². The summed E-state index contributed by atoms with van der Waals surface area (Å²) in [5.74, 6) is -13.5. The molecule has 8 nitrogen and oxygen atoms in total. The first-order chi connectivity index (χ1) is 30.1. The molecule has 4 fully saturated rings. The number of rotatable bonds is 18. The largest absolute Gasteiger partial charge is 0.416 e. The molecule has 3 amide bonds. The topological polar surface area (TPSA) is 122 Å². The maximum atomic E-state index is 15.2. The minimum atomic E-state index is -5.35. The lowest BCUT2D eigenvalue weighted by Gasteiger charge is -2.57. The van der Waals surface area contributed by atoms with E-state index in [4.69, 9.17) is 11.5 Å². The number of carbonyl (C=O) groups excluding carboxylic acids is 3. The molecule has 64 heavy (non-hydrogen) atoms. The molecule has 4 saturated carbocycles. The van der Waals surface area contributed by atoms with E-state index in [0.29, 0.717) is 47.6 Å². The lowest BCUT2D eigenvalue weighted by Crippen LogP contribution is -2.54. The van der Waals surface area contributed by atoms with E-state index in [2.05, 4.69) is 5.32 Å². The molecule has 0 heterocycles. The van der Waals surface area contributed by atoms with E-state index in [9.17, 15) is 53.9 Å². The SMILES string of the molecule is NCCCC[C@H](N)C(=O)N[C@@H](Cc1ccccc1)CN(CC(=O)N(Cc1cc(C(F)(F)F)cc(C(F)(F)F)c1)Cc1c(F)c(F)c(F)c(F)c1F)C(=O)CC12CC3CC(CC(C3)C1)C2. The molecule has 4 aliphatic rings. The fourth-order valence-corrected chi connectivity index (χ4v) is 10.3. The summed E-state index contributed by atoms with van der Waals surface area (Å²) in [7, 11) is 0. The number of halogens is 11. The Balaban J connectivity index is 1.39. The molecule has 0 radical (unpaired) electrons. The molecule has 4 aliphatic carbocycles. The first-order valence-electron chi connectivity index (χ1n) is 21.2. The van der Waals surface area contributed by atoms with Crippen LogP contribution in [0, 0.1) is 52.3 Å². The summed E-state index contributed by atoms with van der Waals surface area (Å²) < 4.78 is 157. The average Bonchev–Trinajstić information content (AvgIpc) is 3.22. The van der Waals surface area contributed by atoms with Gasteiger partial charge in [-0.05, 0) is 117 Å². The van der Waals surface area contributed by atoms with E-state index < -0.39 is 125 Å². The Morgan fingerprint density at radius 2 is 1.23 bits per heavy atom. The molecule has 19 heteroatoms. The highest BCUT2D eigenvalue weighted by molar-refractivity contribution is 5.86. The Morgan fingerprint density at radius 1 is 0.703 bits per heavy atom. The summed E-state index contributed by atoms with van der Waals surface area (Å²) in [6, 6.07) is 7.04. The molecular formula is C45H50F11N5O3. The molecule has 0 aliphatic heterocycles. The zero-order chi connectivity index (χ0) is 46.7. The van der Waals surface area contributed by atoms with Crippen molar-refractivity contribution in [1.29, 1.82) is 0 Å². The maximum absolute atomic E-state index is 15.2. The van der Waals surface area contributed by atoms with Crippen LogP contribution in [-0.4, -0.2) is 59.2 Å². The number of nitrogens with two attached hydrogens (primary N) is 2. The molecule has 3 aromatic carbocycles. The van der Waals surface area contributed by atoms with Crippen LogP contribution >= 0.6 is 0 Å². The average molecular weight is 918 g/mol. The zero-order valence-corrected chi connectivity index (χ0v) is 34.8. The number of hydrogen-bond acceptors (Lipinski definition) is 5. The number of unbranched alkanes of at least 4 members (excludes halogenated alkanes) is 1.